The number of hydrogen-bond donors (Lipinski definition) is 1. The second-order valence-corrected chi connectivity index (χ2v) is 5.33. The predicted molar refractivity (Wildman–Crippen MR) is 70.5 cm³/mol. The fraction of sp³-hybridized carbons (Fsp3) is 0.583. The third-order valence-electron chi connectivity index (χ3n) is 2.87. The molecule has 0 spiro atoms. The highest BCUT2D eigenvalue weighted by Gasteiger charge is 2.19. The van der Waals surface area contributed by atoms with E-state index in [2.05, 4.69) is 10.3 Å². The maximum absolute atomic E-state index is 11.8. The van der Waals surface area contributed by atoms with Gasteiger partial charge in [0.25, 0.3) is 0 Å². The van der Waals surface area contributed by atoms with E-state index in [-0.39, 0.29) is 18.4 Å². The lowest BCUT2D eigenvalue weighted by Crippen LogP contribution is -2.37. The Labute approximate surface area is 110 Å². The first-order chi connectivity index (χ1) is 8.65. The number of rotatable bonds is 3. The number of nitrogens with one attached hydrogen (secondary N) is 1. The molecule has 1 N–H and O–H groups in total. The lowest BCUT2D eigenvalue weighted by molar-refractivity contribution is -0.134. The van der Waals surface area contributed by atoms with Crippen LogP contribution in [0.4, 0.5) is 5.13 Å². The van der Waals surface area contributed by atoms with Gasteiger partial charge in [0.2, 0.25) is 11.8 Å². The zero-order valence-corrected chi connectivity index (χ0v) is 11.3. The van der Waals surface area contributed by atoms with E-state index in [0.29, 0.717) is 18.1 Å². The zero-order chi connectivity index (χ0) is 13.0. The van der Waals surface area contributed by atoms with Crippen molar-refractivity contribution in [3.8, 4) is 0 Å². The molecule has 0 aromatic carbocycles. The average molecular weight is 267 g/mol. The first kappa shape index (κ1) is 13.0. The van der Waals surface area contributed by atoms with Gasteiger partial charge in [-0.25, -0.2) is 4.98 Å². The minimum atomic E-state index is -0.167. The van der Waals surface area contributed by atoms with E-state index in [0.717, 1.165) is 25.0 Å². The number of aromatic nitrogens is 1. The molecule has 0 unspecified atom stereocenters. The number of likely N-dealkylation sites (tertiary alicyclic amines) is 1. The Hall–Kier alpha value is -1.43. The molecule has 1 aromatic rings. The number of anilines is 1. The van der Waals surface area contributed by atoms with E-state index in [1.165, 1.54) is 11.3 Å². The SMILES string of the molecule is Cc1csc(NC(=O)CN2CCCCCC2=O)n1. The molecule has 0 saturated carbocycles. The standard InChI is InChI=1S/C12H17N3O2S/c1-9-8-18-12(13-9)14-10(16)7-15-6-4-2-3-5-11(15)17/h8H,2-7H2,1H3,(H,13,14,16). The second kappa shape index (κ2) is 5.95. The maximum atomic E-state index is 11.8. The molecule has 2 heterocycles. The highest BCUT2D eigenvalue weighted by Crippen LogP contribution is 2.15. The van der Waals surface area contributed by atoms with Gasteiger partial charge >= 0.3 is 0 Å². The van der Waals surface area contributed by atoms with Crippen LogP contribution in [0.25, 0.3) is 0 Å². The van der Waals surface area contributed by atoms with Crippen LogP contribution in [0.1, 0.15) is 31.4 Å². The van der Waals surface area contributed by atoms with Crippen LogP contribution in [0.15, 0.2) is 5.38 Å². The van der Waals surface area contributed by atoms with Gasteiger partial charge in [0.1, 0.15) is 0 Å². The molecular weight excluding hydrogens is 250 g/mol. The Morgan fingerprint density at radius 2 is 2.33 bits per heavy atom. The Balaban J connectivity index is 1.88. The number of thiazole rings is 1. The molecular formula is C12H17N3O2S. The Bertz CT molecular complexity index is 444. The van der Waals surface area contributed by atoms with Crippen LogP contribution in [0, 0.1) is 6.92 Å². The average Bonchev–Trinajstić information content (AvgIpc) is 2.61. The lowest BCUT2D eigenvalue weighted by Gasteiger charge is -2.19. The van der Waals surface area contributed by atoms with Gasteiger partial charge in [-0.15, -0.1) is 11.3 Å². The van der Waals surface area contributed by atoms with Crippen molar-refractivity contribution in [1.82, 2.24) is 9.88 Å². The van der Waals surface area contributed by atoms with Crippen LogP contribution in [0.5, 0.6) is 0 Å². The molecule has 1 saturated heterocycles. The minimum absolute atomic E-state index is 0.0815. The predicted octanol–water partition coefficient (Wildman–Crippen LogP) is 1.79. The molecule has 0 radical (unpaired) electrons. The second-order valence-electron chi connectivity index (χ2n) is 4.47. The number of nitrogens with zero attached hydrogens (tertiary/aromatic N) is 2. The summed E-state index contributed by atoms with van der Waals surface area (Å²) in [7, 11) is 0. The van der Waals surface area contributed by atoms with Crippen molar-refractivity contribution in [2.45, 2.75) is 32.6 Å². The van der Waals surface area contributed by atoms with E-state index in [4.69, 9.17) is 0 Å². The maximum Gasteiger partial charge on any atom is 0.245 e. The fourth-order valence-electron chi connectivity index (χ4n) is 1.95. The Morgan fingerprint density at radius 1 is 1.50 bits per heavy atom. The quantitative estimate of drug-likeness (QED) is 0.908. The van der Waals surface area contributed by atoms with Crippen molar-refractivity contribution in [3.63, 3.8) is 0 Å². The summed E-state index contributed by atoms with van der Waals surface area (Å²) in [5, 5.41) is 5.20. The van der Waals surface area contributed by atoms with E-state index in [1.54, 1.807) is 4.90 Å². The van der Waals surface area contributed by atoms with Crippen molar-refractivity contribution >= 4 is 28.3 Å². The van der Waals surface area contributed by atoms with Gasteiger partial charge in [0.05, 0.1) is 12.2 Å². The van der Waals surface area contributed by atoms with Crippen molar-refractivity contribution in [3.05, 3.63) is 11.1 Å². The van der Waals surface area contributed by atoms with E-state index >= 15 is 0 Å². The first-order valence-corrected chi connectivity index (χ1v) is 7.03. The summed E-state index contributed by atoms with van der Waals surface area (Å²) in [5.41, 5.74) is 0.890. The van der Waals surface area contributed by atoms with Crippen LogP contribution in [0.3, 0.4) is 0 Å². The summed E-state index contributed by atoms with van der Waals surface area (Å²) in [4.78, 5) is 29.4. The Morgan fingerprint density at radius 3 is 3.06 bits per heavy atom. The van der Waals surface area contributed by atoms with Crippen LogP contribution < -0.4 is 5.32 Å². The van der Waals surface area contributed by atoms with Crippen molar-refractivity contribution < 1.29 is 9.59 Å². The summed E-state index contributed by atoms with van der Waals surface area (Å²) < 4.78 is 0. The molecule has 1 aromatic heterocycles. The molecule has 18 heavy (non-hydrogen) atoms. The Kier molecular flexibility index (Phi) is 4.30. The minimum Gasteiger partial charge on any atom is -0.333 e. The molecule has 1 aliphatic rings. The van der Waals surface area contributed by atoms with Gasteiger partial charge in [0.15, 0.2) is 5.13 Å². The van der Waals surface area contributed by atoms with Crippen molar-refractivity contribution in [2.24, 2.45) is 0 Å². The molecule has 5 nitrogen and oxygen atoms in total. The zero-order valence-electron chi connectivity index (χ0n) is 10.4. The molecule has 2 rings (SSSR count). The van der Waals surface area contributed by atoms with E-state index in [1.807, 2.05) is 12.3 Å². The van der Waals surface area contributed by atoms with E-state index < -0.39 is 0 Å². The largest absolute Gasteiger partial charge is 0.333 e. The third kappa shape index (κ3) is 3.53. The molecule has 0 aliphatic carbocycles. The molecule has 0 atom stereocenters. The number of amides is 2. The third-order valence-corrected chi connectivity index (χ3v) is 3.75. The van der Waals surface area contributed by atoms with Gasteiger partial charge in [-0.3, -0.25) is 9.59 Å². The number of aryl methyl sites for hydroxylation is 1. The summed E-state index contributed by atoms with van der Waals surface area (Å²) in [6.45, 7) is 2.70. The molecule has 0 bridgehead atoms. The topological polar surface area (TPSA) is 62.3 Å². The molecule has 98 valence electrons. The fourth-order valence-corrected chi connectivity index (χ4v) is 2.65. The molecule has 2 amide bonds. The summed E-state index contributed by atoms with van der Waals surface area (Å²) >= 11 is 1.40. The van der Waals surface area contributed by atoms with Crippen LogP contribution in [-0.4, -0.2) is 34.8 Å². The molecule has 1 fully saturated rings. The van der Waals surface area contributed by atoms with Gasteiger partial charge in [-0.05, 0) is 19.8 Å². The molecule has 1 aliphatic heterocycles. The van der Waals surface area contributed by atoms with Crippen molar-refractivity contribution in [2.75, 3.05) is 18.4 Å². The molecule has 6 heteroatoms. The van der Waals surface area contributed by atoms with Crippen LogP contribution in [0.2, 0.25) is 0 Å². The smallest absolute Gasteiger partial charge is 0.245 e. The monoisotopic (exact) mass is 267 g/mol. The van der Waals surface area contributed by atoms with Gasteiger partial charge < -0.3 is 10.2 Å². The highest BCUT2D eigenvalue weighted by molar-refractivity contribution is 7.13. The number of hydrogen-bond acceptors (Lipinski definition) is 4. The lowest BCUT2D eigenvalue weighted by atomic mass is 10.2. The van der Waals surface area contributed by atoms with Crippen molar-refractivity contribution in [1.29, 1.82) is 0 Å². The number of carbonyl (C=O) groups excluding carboxylic acids is 2. The summed E-state index contributed by atoms with van der Waals surface area (Å²) in [6.07, 6.45) is 3.54. The van der Waals surface area contributed by atoms with Crippen LogP contribution in [-0.2, 0) is 9.59 Å². The normalized spacial score (nSPS) is 16.5. The van der Waals surface area contributed by atoms with Crippen LogP contribution >= 0.6 is 11.3 Å². The first-order valence-electron chi connectivity index (χ1n) is 6.15. The van der Waals surface area contributed by atoms with Gasteiger partial charge in [0, 0.05) is 18.3 Å². The van der Waals surface area contributed by atoms with Gasteiger partial charge in [-0.2, -0.15) is 0 Å². The van der Waals surface area contributed by atoms with Gasteiger partial charge in [-0.1, -0.05) is 6.42 Å². The number of carbonyl (C=O) groups is 2. The summed E-state index contributed by atoms with van der Waals surface area (Å²) in [5.74, 6) is -0.0856. The van der Waals surface area contributed by atoms with E-state index in [9.17, 15) is 9.59 Å². The highest BCUT2D eigenvalue weighted by atomic mass is 32.1. The summed E-state index contributed by atoms with van der Waals surface area (Å²) in [6, 6.07) is 0.